The molecule has 126 heavy (non-hydrogen) atoms. The molecule has 0 spiro atoms. The monoisotopic (exact) mass is 1780 g/mol. The van der Waals surface area contributed by atoms with E-state index in [9.17, 15) is 9.59 Å². The molecule has 0 bridgehead atoms. The predicted octanol–water partition coefficient (Wildman–Crippen LogP) is 38.0. The van der Waals surface area contributed by atoms with Gasteiger partial charge < -0.3 is 32.2 Å². The van der Waals surface area contributed by atoms with E-state index < -0.39 is 16.6 Å². The number of hydrogen-bond donors (Lipinski definition) is 0. The number of esters is 2. The van der Waals surface area contributed by atoms with Crippen molar-refractivity contribution in [2.24, 2.45) is 5.11 Å². The van der Waals surface area contributed by atoms with Crippen molar-refractivity contribution >= 4 is 52.5 Å². The number of benzene rings is 2. The third-order valence-electron chi connectivity index (χ3n) is 19.9. The first-order valence-electron chi connectivity index (χ1n) is 47.6. The lowest BCUT2D eigenvalue weighted by Gasteiger charge is -2.38. The van der Waals surface area contributed by atoms with Gasteiger partial charge in [0.15, 0.2) is 16.6 Å². The van der Waals surface area contributed by atoms with Crippen LogP contribution in [0.15, 0.2) is 233 Å². The van der Waals surface area contributed by atoms with E-state index in [0.717, 1.165) is 62.7 Å². The van der Waals surface area contributed by atoms with E-state index in [1.54, 1.807) is 55.9 Å². The van der Waals surface area contributed by atoms with Crippen LogP contribution in [-0.2, 0) is 37.4 Å². The van der Waals surface area contributed by atoms with E-state index in [1.165, 1.54) is 203 Å². The van der Waals surface area contributed by atoms with Gasteiger partial charge in [0.25, 0.3) is 0 Å². The van der Waals surface area contributed by atoms with Gasteiger partial charge >= 0.3 is 11.9 Å². The van der Waals surface area contributed by atoms with Crippen LogP contribution in [-0.4, -0.2) is 73.5 Å². The van der Waals surface area contributed by atoms with Crippen LogP contribution < -0.4 is 0 Å². The van der Waals surface area contributed by atoms with Gasteiger partial charge in [-0.3, -0.25) is 9.59 Å². The SMILES string of the molecule is C=C/C(C)=C/CC=C(C)C.C=CCCC.C=CCCCCCCC.C=CCCCCCCCCCC.C=CCOCOC.C=C[C@@H](CCCCC)OC(C)=O.C=C[C@@H](CCCCC)O[Si](C)(C)C(C)(C)C.C=C[C@H](CCCCC)OC(C)=O.C=C[C@H](CCCCC)O[Si](C)(C)C(C)(C)C.C=Cc1ccc(C)cc1.C=Cc1ccc(N=[N+]=[N-])cc1.C=Cc1ccco1. The number of unbranched alkanes of at least 4 members (excludes halogenated alkanes) is 22. The van der Waals surface area contributed by atoms with Gasteiger partial charge in [-0.15, -0.1) is 39.5 Å². The van der Waals surface area contributed by atoms with Crippen LogP contribution in [0.3, 0.4) is 0 Å². The molecule has 0 amide bonds. The summed E-state index contributed by atoms with van der Waals surface area (Å²) in [6, 6.07) is 19.1. The van der Waals surface area contributed by atoms with Gasteiger partial charge in [0.05, 0.1) is 25.1 Å². The third-order valence-corrected chi connectivity index (χ3v) is 28.9. The largest absolute Gasteiger partial charge is 0.465 e. The molecule has 0 aliphatic rings. The molecule has 0 aliphatic heterocycles. The van der Waals surface area contributed by atoms with Crippen molar-refractivity contribution in [3.05, 3.63) is 257 Å². The maximum absolute atomic E-state index is 10.6. The molecule has 722 valence electrons. The topological polar surface area (TPSA) is 151 Å². The average Bonchev–Trinajstić information content (AvgIpc) is 0.863. The van der Waals surface area contributed by atoms with Crippen molar-refractivity contribution < 1.29 is 41.8 Å². The van der Waals surface area contributed by atoms with Gasteiger partial charge in [0.2, 0.25) is 0 Å². The Morgan fingerprint density at radius 1 is 0.452 bits per heavy atom. The smallest absolute Gasteiger partial charge is 0.303 e. The molecular weight excluding hydrogens is 1590 g/mol. The molecule has 2 aromatic carbocycles. The Morgan fingerprint density at radius 3 is 1.06 bits per heavy atom. The van der Waals surface area contributed by atoms with Crippen LogP contribution >= 0.6 is 0 Å². The second kappa shape index (κ2) is 101. The molecule has 0 N–H and O–H groups in total. The Kier molecular flexibility index (Phi) is 110. The van der Waals surface area contributed by atoms with Crippen molar-refractivity contribution in [2.75, 3.05) is 20.5 Å². The highest BCUT2D eigenvalue weighted by molar-refractivity contribution is 6.74. The number of carbonyl (C=O) groups excluding carboxylic acids is 2. The highest BCUT2D eigenvalue weighted by atomic mass is 28.4. The van der Waals surface area contributed by atoms with Gasteiger partial charge in [0.1, 0.15) is 24.8 Å². The molecule has 3 aromatic rings. The number of methoxy groups -OCH3 is 1. The number of allylic oxidation sites excluding steroid dienone is 8. The molecule has 3 rings (SSSR count). The molecule has 14 heteroatoms. The second-order valence-electron chi connectivity index (χ2n) is 34.2. The van der Waals surface area contributed by atoms with Gasteiger partial charge in [-0.1, -0.05) is 420 Å². The van der Waals surface area contributed by atoms with Crippen molar-refractivity contribution in [1.82, 2.24) is 0 Å². The summed E-state index contributed by atoms with van der Waals surface area (Å²) in [5, 5.41) is 4.01. The molecule has 0 saturated carbocycles. The van der Waals surface area contributed by atoms with Gasteiger partial charge in [-0.05, 0) is 176 Å². The van der Waals surface area contributed by atoms with Gasteiger partial charge in [-0.25, -0.2) is 0 Å². The fourth-order valence-corrected chi connectivity index (χ4v) is 12.6. The quantitative estimate of drug-likeness (QED) is 0.00619. The molecule has 0 saturated heterocycles. The van der Waals surface area contributed by atoms with Gasteiger partial charge in [0, 0.05) is 31.6 Å². The Hall–Kier alpha value is -7.40. The maximum atomic E-state index is 10.6. The van der Waals surface area contributed by atoms with E-state index in [1.807, 2.05) is 66.8 Å². The Labute approximate surface area is 782 Å². The molecule has 0 fully saturated rings. The van der Waals surface area contributed by atoms with Crippen LogP contribution in [0, 0.1) is 6.92 Å². The van der Waals surface area contributed by atoms with Crippen molar-refractivity contribution in [1.29, 1.82) is 0 Å². The highest BCUT2D eigenvalue weighted by Gasteiger charge is 2.39. The zero-order chi connectivity index (χ0) is 98.0. The first-order valence-corrected chi connectivity index (χ1v) is 53.4. The van der Waals surface area contributed by atoms with Gasteiger partial charge in [-0.2, -0.15) is 0 Å². The summed E-state index contributed by atoms with van der Waals surface area (Å²) in [5.41, 5.74) is 14.8. The second-order valence-corrected chi connectivity index (χ2v) is 43.7. The Morgan fingerprint density at radius 2 is 0.802 bits per heavy atom. The van der Waals surface area contributed by atoms with E-state index >= 15 is 0 Å². The summed E-state index contributed by atoms with van der Waals surface area (Å²) >= 11 is 0. The Balaban J connectivity index is -0.000000171. The molecule has 0 aliphatic carbocycles. The number of aryl methyl sites for hydroxylation is 1. The third kappa shape index (κ3) is 105. The van der Waals surface area contributed by atoms with Crippen molar-refractivity contribution in [3.63, 3.8) is 0 Å². The normalized spacial score (nSPS) is 11.2. The van der Waals surface area contributed by atoms with E-state index in [2.05, 4.69) is 274 Å². The summed E-state index contributed by atoms with van der Waals surface area (Å²) in [4.78, 5) is 23.8. The summed E-state index contributed by atoms with van der Waals surface area (Å²) in [7, 11) is -1.65. The average molecular weight is 1790 g/mol. The summed E-state index contributed by atoms with van der Waals surface area (Å²) < 4.78 is 36.8. The number of hydrogen-bond acceptors (Lipinski definition) is 10. The first-order chi connectivity index (χ1) is 59.8. The molecule has 4 atom stereocenters. The zero-order valence-electron chi connectivity index (χ0n) is 86.2. The van der Waals surface area contributed by atoms with Crippen LogP contribution in [0.4, 0.5) is 5.69 Å². The highest BCUT2D eigenvalue weighted by Crippen LogP contribution is 2.39. The minimum Gasteiger partial charge on any atom is -0.465 e. The molecular formula is C112H197N3O9Si2. The lowest BCUT2D eigenvalue weighted by Crippen LogP contribution is -2.43. The Bertz CT molecular complexity index is 3060. The fourth-order valence-electron chi connectivity index (χ4n) is 9.95. The van der Waals surface area contributed by atoms with Crippen molar-refractivity contribution in [3.8, 4) is 0 Å². The first kappa shape index (κ1) is 137. The van der Waals surface area contributed by atoms with E-state index in [0.29, 0.717) is 29.2 Å². The number of furan rings is 1. The summed E-state index contributed by atoms with van der Waals surface area (Å²) in [6.07, 6.45) is 71.0. The number of carbonyl (C=O) groups is 2. The predicted molar refractivity (Wildman–Crippen MR) is 570 cm³/mol. The minimum atomic E-state index is -1.62. The lowest BCUT2D eigenvalue weighted by molar-refractivity contribution is -0.145. The summed E-state index contributed by atoms with van der Waals surface area (Å²) in [5.74, 6) is 0.368. The molecule has 0 unspecified atom stereocenters. The van der Waals surface area contributed by atoms with Crippen LogP contribution in [0.1, 0.15) is 365 Å². The zero-order valence-corrected chi connectivity index (χ0v) is 88.2. The number of nitrogens with zero attached hydrogens (tertiary/aromatic N) is 3. The number of azide groups is 1. The molecule has 1 aromatic heterocycles. The van der Waals surface area contributed by atoms with Crippen LogP contribution in [0.2, 0.25) is 36.3 Å². The number of ether oxygens (including phenoxy) is 4. The van der Waals surface area contributed by atoms with E-state index in [4.69, 9.17) is 33.0 Å². The minimum absolute atomic E-state index is 0.0888. The lowest BCUT2D eigenvalue weighted by atomic mass is 10.1. The van der Waals surface area contributed by atoms with E-state index in [-0.39, 0.29) is 36.4 Å². The maximum Gasteiger partial charge on any atom is 0.303 e. The molecule has 1 heterocycles. The number of rotatable bonds is 54. The van der Waals surface area contributed by atoms with Crippen molar-refractivity contribution in [2.45, 2.75) is 411 Å². The van der Waals surface area contributed by atoms with Crippen LogP contribution in [0.5, 0.6) is 0 Å². The van der Waals surface area contributed by atoms with Crippen LogP contribution in [0.25, 0.3) is 28.7 Å². The molecule has 12 nitrogen and oxygen atoms in total. The molecule has 0 radical (unpaired) electrons. The summed E-state index contributed by atoms with van der Waals surface area (Å²) in [6.45, 7) is 94.4. The fraction of sp³-hybridized carbons (Fsp3) is 0.589. The standard InChI is InChI=1S/2C14H30OSi.C12H24.2C10H18O2.C10H16.C9H10.C9H18.C8H7N3.C6H6O.C5H10O2.C5H10/c2*1-8-10-11-12-13(9-2)15-16(6,7)14(3,4)5;1-3-5-7-9-11-12-10-8-6-4-2;2*1-4-6-7-8-10(5-2)12-9(3)11;1-5-10(4)8-6-7-9(2)3;1-3-9-6-4-8(2)5-7-9;1-3-5-7-9-8-6-4-2;1-2-7-3-5-8(6-4-7)10-11-9;1-2-6-4-3-5-7-6;1-3-4-7-5-6-2;1-3-5-4-2/h2*9,13H,2,8,10-12H2,1,3-7H3;3H,1,4-12H2,2H3;2*5,10H,2,4,6-8H2,1,3H3;5,7-8H,1,6H2,2-4H3;3-7H,1H2,2H3;3H,1,4-9H2,2H3;2-6H,1H2;2-5H,1H2;3H,1,4-5H2,2H3;3H,1,4-5H2,2H3/b;;;;;10-8+;;;;;;/t2*13-;;2*10-;;;;;;;/m10.10......./s1.